The van der Waals surface area contributed by atoms with Gasteiger partial charge < -0.3 is 10.2 Å². The summed E-state index contributed by atoms with van der Waals surface area (Å²) in [6.45, 7) is 7.63. The Hall–Kier alpha value is -3.40. The van der Waals surface area contributed by atoms with Gasteiger partial charge in [0.25, 0.3) is 0 Å². The summed E-state index contributed by atoms with van der Waals surface area (Å²) >= 11 is 0. The van der Waals surface area contributed by atoms with Crippen molar-refractivity contribution in [1.82, 2.24) is 0 Å². The molecule has 2 rings (SSSR count). The van der Waals surface area contributed by atoms with Crippen LogP contribution in [0.2, 0.25) is 0 Å². The molecule has 4 nitrogen and oxygen atoms in total. The fourth-order valence-corrected chi connectivity index (χ4v) is 2.75. The van der Waals surface area contributed by atoms with E-state index in [1.165, 1.54) is 0 Å². The van der Waals surface area contributed by atoms with Gasteiger partial charge in [-0.05, 0) is 59.4 Å². The number of hydrogen-bond donors (Lipinski definition) is 2. The number of benzene rings is 2. The van der Waals surface area contributed by atoms with Gasteiger partial charge in [0, 0.05) is 0 Å². The predicted octanol–water partition coefficient (Wildman–Crippen LogP) is 5.15. The third-order valence-electron chi connectivity index (χ3n) is 4.02. The number of carboxylic acids is 2. The molecule has 0 atom stereocenters. The first kappa shape index (κ1) is 18.9. The van der Waals surface area contributed by atoms with Gasteiger partial charge in [0.15, 0.2) is 0 Å². The fraction of sp³-hybridized carbons (Fsp3) is 0.0909. The van der Waals surface area contributed by atoms with Crippen molar-refractivity contribution >= 4 is 23.1 Å². The molecule has 132 valence electrons. The van der Waals surface area contributed by atoms with Crippen LogP contribution in [0.1, 0.15) is 44.7 Å². The zero-order chi connectivity index (χ0) is 19.1. The molecule has 2 N–H and O–H groups in total. The Morgan fingerprint density at radius 1 is 0.654 bits per heavy atom. The highest BCUT2D eigenvalue weighted by atomic mass is 16.4. The van der Waals surface area contributed by atoms with Crippen LogP contribution in [-0.2, 0) is 0 Å². The van der Waals surface area contributed by atoms with Crippen LogP contribution in [0.5, 0.6) is 0 Å². The van der Waals surface area contributed by atoms with Crippen molar-refractivity contribution in [2.75, 3.05) is 0 Å². The van der Waals surface area contributed by atoms with Crippen molar-refractivity contribution in [2.45, 2.75) is 12.8 Å². The zero-order valence-corrected chi connectivity index (χ0v) is 14.3. The van der Waals surface area contributed by atoms with Crippen LogP contribution in [0.3, 0.4) is 0 Å². The van der Waals surface area contributed by atoms with E-state index in [1.807, 2.05) is 0 Å². The zero-order valence-electron chi connectivity index (χ0n) is 14.3. The highest BCUT2D eigenvalue weighted by Crippen LogP contribution is 2.32. The van der Waals surface area contributed by atoms with Crippen LogP contribution < -0.4 is 0 Å². The summed E-state index contributed by atoms with van der Waals surface area (Å²) in [4.78, 5) is 22.1. The van der Waals surface area contributed by atoms with E-state index >= 15 is 0 Å². The second kappa shape index (κ2) is 8.62. The molecule has 2 aromatic rings. The van der Waals surface area contributed by atoms with Crippen LogP contribution >= 0.6 is 0 Å². The smallest absolute Gasteiger partial charge is 0.335 e. The molecule has 4 heteroatoms. The summed E-state index contributed by atoms with van der Waals surface area (Å²) in [5.74, 6) is -1.94. The maximum Gasteiger partial charge on any atom is 0.335 e. The Balaban J connectivity index is 2.58. The van der Waals surface area contributed by atoms with Crippen LogP contribution in [0.25, 0.3) is 11.1 Å². The average molecular weight is 348 g/mol. The molecule has 26 heavy (non-hydrogen) atoms. The summed E-state index contributed by atoms with van der Waals surface area (Å²) in [6, 6.07) is 13.4. The number of carbonyl (C=O) groups is 2. The van der Waals surface area contributed by atoms with Gasteiger partial charge in [-0.25, -0.2) is 9.59 Å². The molecule has 0 saturated heterocycles. The van der Waals surface area contributed by atoms with Gasteiger partial charge in [-0.15, -0.1) is 13.2 Å². The first-order valence-corrected chi connectivity index (χ1v) is 8.09. The minimum absolute atomic E-state index is 0.225. The van der Waals surface area contributed by atoms with Crippen LogP contribution in [-0.4, -0.2) is 22.2 Å². The number of allylic oxidation sites excluding steroid dienone is 4. The Labute approximate surface area is 152 Å². The molecule has 0 aliphatic rings. The summed E-state index contributed by atoms with van der Waals surface area (Å²) in [7, 11) is 0. The summed E-state index contributed by atoms with van der Waals surface area (Å²) in [5, 5.41) is 18.1. The first-order chi connectivity index (χ1) is 12.5. The topological polar surface area (TPSA) is 74.6 Å². The lowest BCUT2D eigenvalue weighted by Crippen LogP contribution is -1.98. The van der Waals surface area contributed by atoms with Gasteiger partial charge in [0.2, 0.25) is 0 Å². The van der Waals surface area contributed by atoms with Crippen LogP contribution in [0.4, 0.5) is 0 Å². The van der Waals surface area contributed by atoms with E-state index in [4.69, 9.17) is 10.2 Å². The summed E-state index contributed by atoms with van der Waals surface area (Å²) in [6.07, 6.45) is 4.76. The molecule has 2 aromatic carbocycles. The highest BCUT2D eigenvalue weighted by molar-refractivity contribution is 5.94. The molecule has 0 bridgehead atoms. The SMILES string of the molecule is C=CCC(=C(CC=C)c1ccc(C(=O)O)cc1)c1ccc(C(=O)O)cc1. The third-order valence-corrected chi connectivity index (χ3v) is 4.02. The standard InChI is InChI=1S/C22H20O4/c1-3-5-19(15-7-11-17(12-8-15)21(23)24)20(6-4-2)16-9-13-18(14-10-16)22(25)26/h3-4,7-14H,1-2,5-6H2,(H,23,24)(H,25,26). The maximum absolute atomic E-state index is 11.1. The van der Waals surface area contributed by atoms with Crippen molar-refractivity contribution in [1.29, 1.82) is 0 Å². The van der Waals surface area contributed by atoms with E-state index < -0.39 is 11.9 Å². The minimum atomic E-state index is -0.971. The summed E-state index contributed by atoms with van der Waals surface area (Å²) < 4.78 is 0. The molecule has 0 fully saturated rings. The van der Waals surface area contributed by atoms with Crippen molar-refractivity contribution in [3.05, 3.63) is 96.1 Å². The normalized spacial score (nSPS) is 11.4. The van der Waals surface area contributed by atoms with Crippen molar-refractivity contribution in [2.24, 2.45) is 0 Å². The highest BCUT2D eigenvalue weighted by Gasteiger charge is 2.12. The molecular weight excluding hydrogens is 328 g/mol. The summed E-state index contributed by atoms with van der Waals surface area (Å²) in [5.41, 5.74) is 4.24. The van der Waals surface area contributed by atoms with Gasteiger partial charge in [-0.2, -0.15) is 0 Å². The number of hydrogen-bond acceptors (Lipinski definition) is 2. The maximum atomic E-state index is 11.1. The lowest BCUT2D eigenvalue weighted by molar-refractivity contribution is 0.0686. The van der Waals surface area contributed by atoms with Gasteiger partial charge >= 0.3 is 11.9 Å². The second-order valence-electron chi connectivity index (χ2n) is 5.71. The fourth-order valence-electron chi connectivity index (χ4n) is 2.75. The molecule has 0 aromatic heterocycles. The molecule has 0 aliphatic carbocycles. The van der Waals surface area contributed by atoms with Gasteiger partial charge in [0.05, 0.1) is 11.1 Å². The first-order valence-electron chi connectivity index (χ1n) is 8.09. The van der Waals surface area contributed by atoms with E-state index in [0.717, 1.165) is 22.3 Å². The minimum Gasteiger partial charge on any atom is -0.478 e. The Morgan fingerprint density at radius 3 is 1.15 bits per heavy atom. The van der Waals surface area contributed by atoms with E-state index in [0.29, 0.717) is 12.8 Å². The van der Waals surface area contributed by atoms with E-state index in [9.17, 15) is 9.59 Å². The van der Waals surface area contributed by atoms with Crippen molar-refractivity contribution in [3.8, 4) is 0 Å². The number of rotatable bonds is 8. The molecule has 0 amide bonds. The Bertz CT molecular complexity index is 783. The van der Waals surface area contributed by atoms with E-state index in [1.54, 1.807) is 60.7 Å². The number of aromatic carboxylic acids is 2. The lowest BCUT2D eigenvalue weighted by atomic mass is 9.89. The van der Waals surface area contributed by atoms with Crippen LogP contribution in [0.15, 0.2) is 73.8 Å². The molecular formula is C22H20O4. The largest absolute Gasteiger partial charge is 0.478 e. The molecule has 0 aliphatic heterocycles. The second-order valence-corrected chi connectivity index (χ2v) is 5.71. The monoisotopic (exact) mass is 348 g/mol. The molecule has 0 saturated carbocycles. The molecule has 0 unspecified atom stereocenters. The van der Waals surface area contributed by atoms with Crippen LogP contribution in [0, 0.1) is 0 Å². The molecule has 0 spiro atoms. The number of carboxylic acid groups (broad SMARTS) is 2. The Morgan fingerprint density at radius 2 is 0.923 bits per heavy atom. The van der Waals surface area contributed by atoms with E-state index in [2.05, 4.69) is 13.2 Å². The lowest BCUT2D eigenvalue weighted by Gasteiger charge is -2.15. The predicted molar refractivity (Wildman–Crippen MR) is 103 cm³/mol. The molecule has 0 radical (unpaired) electrons. The van der Waals surface area contributed by atoms with E-state index in [-0.39, 0.29) is 11.1 Å². The average Bonchev–Trinajstić information content (AvgIpc) is 2.65. The van der Waals surface area contributed by atoms with Gasteiger partial charge in [0.1, 0.15) is 0 Å². The Kier molecular flexibility index (Phi) is 6.28. The molecule has 0 heterocycles. The third kappa shape index (κ3) is 4.36. The van der Waals surface area contributed by atoms with Crippen molar-refractivity contribution < 1.29 is 19.8 Å². The quantitative estimate of drug-likeness (QED) is 0.511. The van der Waals surface area contributed by atoms with Gasteiger partial charge in [-0.1, -0.05) is 36.4 Å². The van der Waals surface area contributed by atoms with Crippen molar-refractivity contribution in [3.63, 3.8) is 0 Å². The van der Waals surface area contributed by atoms with Gasteiger partial charge in [-0.3, -0.25) is 0 Å².